The number of hydrogen-bond donors (Lipinski definition) is 1. The number of imidazole rings is 1. The van der Waals surface area contributed by atoms with E-state index in [1.807, 2.05) is 35.9 Å². The summed E-state index contributed by atoms with van der Waals surface area (Å²) in [5, 5.41) is 7.70. The van der Waals surface area contributed by atoms with Crippen LogP contribution < -0.4 is 5.32 Å². The molecule has 1 N–H and O–H groups in total. The first-order chi connectivity index (χ1) is 11.6. The number of benzene rings is 1. The molecule has 0 aliphatic carbocycles. The normalized spacial score (nSPS) is 10.8. The minimum Gasteiger partial charge on any atom is -0.335 e. The van der Waals surface area contributed by atoms with Gasteiger partial charge in [-0.15, -0.1) is 0 Å². The summed E-state index contributed by atoms with van der Waals surface area (Å²) < 4.78 is 3.68. The minimum absolute atomic E-state index is 0.0357. The standard InChI is InChI=1S/C17H18ClN5O/c1-13-19-8-10-22(13)9-4-7-17(24)21-14-11-20-23(12-14)16-6-3-2-5-15(16)18/h2-3,5-6,8,10-12H,4,7,9H2,1H3,(H,21,24). The van der Waals surface area contributed by atoms with E-state index in [-0.39, 0.29) is 5.91 Å². The zero-order chi connectivity index (χ0) is 16.9. The molecule has 0 bridgehead atoms. The van der Waals surface area contributed by atoms with Crippen molar-refractivity contribution in [2.75, 3.05) is 5.32 Å². The molecule has 0 aliphatic rings. The van der Waals surface area contributed by atoms with Crippen molar-refractivity contribution in [3.8, 4) is 5.69 Å². The summed E-state index contributed by atoms with van der Waals surface area (Å²) >= 11 is 6.15. The van der Waals surface area contributed by atoms with Gasteiger partial charge in [-0.3, -0.25) is 4.79 Å². The van der Waals surface area contributed by atoms with Crippen LogP contribution in [0.15, 0.2) is 49.1 Å². The van der Waals surface area contributed by atoms with E-state index in [4.69, 9.17) is 11.6 Å². The summed E-state index contributed by atoms with van der Waals surface area (Å²) in [6, 6.07) is 7.42. The summed E-state index contributed by atoms with van der Waals surface area (Å²) in [6.07, 6.45) is 8.23. The van der Waals surface area contributed by atoms with Gasteiger partial charge in [0.25, 0.3) is 0 Å². The minimum atomic E-state index is -0.0357. The topological polar surface area (TPSA) is 64.7 Å². The van der Waals surface area contributed by atoms with Gasteiger partial charge >= 0.3 is 0 Å². The SMILES string of the molecule is Cc1nccn1CCCC(=O)Nc1cnn(-c2ccccc2Cl)c1. The Morgan fingerprint density at radius 3 is 2.92 bits per heavy atom. The Morgan fingerprint density at radius 2 is 2.17 bits per heavy atom. The molecule has 2 aromatic heterocycles. The number of rotatable bonds is 6. The molecule has 1 amide bonds. The molecule has 3 aromatic rings. The van der Waals surface area contributed by atoms with Crippen LogP contribution in [0.25, 0.3) is 5.69 Å². The molecule has 1 aromatic carbocycles. The molecular formula is C17H18ClN5O. The Kier molecular flexibility index (Phi) is 4.96. The maximum atomic E-state index is 12.0. The molecule has 124 valence electrons. The number of halogens is 1. The van der Waals surface area contributed by atoms with E-state index in [0.29, 0.717) is 17.1 Å². The number of carbonyl (C=O) groups is 1. The second-order valence-electron chi connectivity index (χ2n) is 5.44. The van der Waals surface area contributed by atoms with E-state index in [1.54, 1.807) is 29.3 Å². The first-order valence-corrected chi connectivity index (χ1v) is 8.08. The fourth-order valence-electron chi connectivity index (χ4n) is 2.43. The molecule has 0 radical (unpaired) electrons. The number of anilines is 1. The first-order valence-electron chi connectivity index (χ1n) is 7.70. The van der Waals surface area contributed by atoms with Gasteiger partial charge in [-0.25, -0.2) is 9.67 Å². The van der Waals surface area contributed by atoms with Crippen molar-refractivity contribution in [3.63, 3.8) is 0 Å². The number of carbonyl (C=O) groups excluding carboxylic acids is 1. The lowest BCUT2D eigenvalue weighted by Gasteiger charge is -2.05. The van der Waals surface area contributed by atoms with E-state index in [2.05, 4.69) is 15.4 Å². The van der Waals surface area contributed by atoms with Crippen LogP contribution in [0.3, 0.4) is 0 Å². The third-order valence-electron chi connectivity index (χ3n) is 3.69. The van der Waals surface area contributed by atoms with Gasteiger partial charge in [-0.1, -0.05) is 23.7 Å². The van der Waals surface area contributed by atoms with E-state index in [0.717, 1.165) is 24.5 Å². The average molecular weight is 344 g/mol. The van der Waals surface area contributed by atoms with E-state index >= 15 is 0 Å². The Balaban J connectivity index is 1.54. The lowest BCUT2D eigenvalue weighted by Crippen LogP contribution is -2.12. The summed E-state index contributed by atoms with van der Waals surface area (Å²) in [5.74, 6) is 0.919. The summed E-state index contributed by atoms with van der Waals surface area (Å²) in [7, 11) is 0. The van der Waals surface area contributed by atoms with Gasteiger partial charge in [0.05, 0.1) is 28.8 Å². The first kappa shape index (κ1) is 16.3. The second-order valence-corrected chi connectivity index (χ2v) is 5.85. The second kappa shape index (κ2) is 7.31. The largest absolute Gasteiger partial charge is 0.335 e. The van der Waals surface area contributed by atoms with Crippen LogP contribution in [0, 0.1) is 6.92 Å². The predicted octanol–water partition coefficient (Wildman–Crippen LogP) is 3.45. The Hall–Kier alpha value is -2.60. The molecule has 0 saturated heterocycles. The van der Waals surface area contributed by atoms with Crippen LogP contribution in [0.5, 0.6) is 0 Å². The van der Waals surface area contributed by atoms with Crippen LogP contribution >= 0.6 is 11.6 Å². The maximum Gasteiger partial charge on any atom is 0.224 e. The van der Waals surface area contributed by atoms with Crippen LogP contribution in [0.2, 0.25) is 5.02 Å². The molecule has 0 aliphatic heterocycles. The van der Waals surface area contributed by atoms with Gasteiger partial charge in [0.15, 0.2) is 0 Å². The van der Waals surface area contributed by atoms with Gasteiger partial charge in [0.2, 0.25) is 5.91 Å². The van der Waals surface area contributed by atoms with Crippen LogP contribution in [0.4, 0.5) is 5.69 Å². The Labute approximate surface area is 145 Å². The van der Waals surface area contributed by atoms with Gasteiger partial charge in [-0.05, 0) is 25.5 Å². The third-order valence-corrected chi connectivity index (χ3v) is 4.01. The molecule has 7 heteroatoms. The third kappa shape index (κ3) is 3.83. The highest BCUT2D eigenvalue weighted by Crippen LogP contribution is 2.20. The summed E-state index contributed by atoms with van der Waals surface area (Å²) in [5.41, 5.74) is 1.42. The maximum absolute atomic E-state index is 12.0. The zero-order valence-electron chi connectivity index (χ0n) is 13.3. The quantitative estimate of drug-likeness (QED) is 0.745. The molecule has 0 saturated carbocycles. The van der Waals surface area contributed by atoms with E-state index in [9.17, 15) is 4.79 Å². The monoisotopic (exact) mass is 343 g/mol. The van der Waals surface area contributed by atoms with Gasteiger partial charge in [-0.2, -0.15) is 5.10 Å². The number of aromatic nitrogens is 4. The van der Waals surface area contributed by atoms with Crippen LogP contribution in [-0.4, -0.2) is 25.2 Å². The summed E-state index contributed by atoms with van der Waals surface area (Å²) in [6.45, 7) is 2.72. The van der Waals surface area contributed by atoms with Crippen molar-refractivity contribution in [3.05, 3.63) is 59.9 Å². The zero-order valence-corrected chi connectivity index (χ0v) is 14.1. The van der Waals surface area contributed by atoms with E-state index in [1.165, 1.54) is 0 Å². The van der Waals surface area contributed by atoms with Crippen molar-refractivity contribution >= 4 is 23.2 Å². The highest BCUT2D eigenvalue weighted by atomic mass is 35.5. The van der Waals surface area contributed by atoms with Crippen LogP contribution in [-0.2, 0) is 11.3 Å². The number of para-hydroxylation sites is 1. The molecule has 0 atom stereocenters. The van der Waals surface area contributed by atoms with Crippen molar-refractivity contribution in [1.82, 2.24) is 19.3 Å². The molecule has 0 spiro atoms. The van der Waals surface area contributed by atoms with E-state index < -0.39 is 0 Å². The number of aryl methyl sites for hydroxylation is 2. The van der Waals surface area contributed by atoms with Crippen molar-refractivity contribution in [1.29, 1.82) is 0 Å². The molecule has 2 heterocycles. The molecule has 24 heavy (non-hydrogen) atoms. The lowest BCUT2D eigenvalue weighted by atomic mass is 10.3. The van der Waals surface area contributed by atoms with Crippen molar-refractivity contribution < 1.29 is 4.79 Å². The molecule has 3 rings (SSSR count). The smallest absolute Gasteiger partial charge is 0.224 e. The number of nitrogens with one attached hydrogen (secondary N) is 1. The average Bonchev–Trinajstić information content (AvgIpc) is 3.17. The summed E-state index contributed by atoms with van der Waals surface area (Å²) in [4.78, 5) is 16.2. The molecule has 6 nitrogen and oxygen atoms in total. The van der Waals surface area contributed by atoms with Crippen molar-refractivity contribution in [2.45, 2.75) is 26.3 Å². The highest BCUT2D eigenvalue weighted by molar-refractivity contribution is 6.32. The Morgan fingerprint density at radius 1 is 1.33 bits per heavy atom. The Bertz CT molecular complexity index is 839. The molecular weight excluding hydrogens is 326 g/mol. The lowest BCUT2D eigenvalue weighted by molar-refractivity contribution is -0.116. The predicted molar refractivity (Wildman–Crippen MR) is 93.4 cm³/mol. The fraction of sp³-hybridized carbons (Fsp3) is 0.235. The fourth-order valence-corrected chi connectivity index (χ4v) is 2.65. The number of nitrogens with zero attached hydrogens (tertiary/aromatic N) is 4. The van der Waals surface area contributed by atoms with Gasteiger partial charge in [0.1, 0.15) is 5.82 Å². The number of hydrogen-bond acceptors (Lipinski definition) is 3. The number of amides is 1. The van der Waals surface area contributed by atoms with Crippen molar-refractivity contribution in [2.24, 2.45) is 0 Å². The molecule has 0 unspecified atom stereocenters. The van der Waals surface area contributed by atoms with Crippen LogP contribution in [0.1, 0.15) is 18.7 Å². The highest BCUT2D eigenvalue weighted by Gasteiger charge is 2.08. The van der Waals surface area contributed by atoms with Gasteiger partial charge < -0.3 is 9.88 Å². The van der Waals surface area contributed by atoms with Gasteiger partial charge in [0, 0.05) is 25.4 Å². The molecule has 0 fully saturated rings.